The fourth-order valence-electron chi connectivity index (χ4n) is 2.73. The van der Waals surface area contributed by atoms with Gasteiger partial charge in [0.15, 0.2) is 0 Å². The van der Waals surface area contributed by atoms with Crippen molar-refractivity contribution in [1.29, 1.82) is 0 Å². The van der Waals surface area contributed by atoms with Crippen molar-refractivity contribution in [1.82, 2.24) is 4.57 Å². The van der Waals surface area contributed by atoms with Gasteiger partial charge in [-0.05, 0) is 43.7 Å². The van der Waals surface area contributed by atoms with E-state index in [0.717, 1.165) is 33.1 Å². The average molecular weight is 396 g/mol. The molecule has 0 spiro atoms. The van der Waals surface area contributed by atoms with E-state index in [4.69, 9.17) is 4.74 Å². The first-order chi connectivity index (χ1) is 13.5. The van der Waals surface area contributed by atoms with Gasteiger partial charge in [-0.3, -0.25) is 10.1 Å². The van der Waals surface area contributed by atoms with Crippen LogP contribution in [-0.4, -0.2) is 22.3 Å². The van der Waals surface area contributed by atoms with E-state index in [9.17, 15) is 10.1 Å². The van der Waals surface area contributed by atoms with E-state index in [1.54, 1.807) is 19.2 Å². The fraction of sp³-hybridized carbons (Fsp3) is 0.200. The normalized spacial score (nSPS) is 12.2. The Balaban J connectivity index is 1.97. The lowest BCUT2D eigenvalue weighted by molar-refractivity contribution is -0.384. The molecule has 0 saturated carbocycles. The minimum Gasteiger partial charge on any atom is -0.497 e. The Morgan fingerprint density at radius 3 is 2.64 bits per heavy atom. The van der Waals surface area contributed by atoms with E-state index in [1.807, 2.05) is 54.1 Å². The number of nitrogens with zero attached hydrogens (tertiary/aromatic N) is 4. The predicted molar refractivity (Wildman–Crippen MR) is 111 cm³/mol. The summed E-state index contributed by atoms with van der Waals surface area (Å²) in [5.41, 5.74) is 3.48. The van der Waals surface area contributed by atoms with Gasteiger partial charge in [0.2, 0.25) is 4.80 Å². The Bertz CT molecular complexity index is 1080. The maximum atomic E-state index is 11.1. The second-order valence-electron chi connectivity index (χ2n) is 5.97. The smallest absolute Gasteiger partial charge is 0.270 e. The Morgan fingerprint density at radius 1 is 1.25 bits per heavy atom. The van der Waals surface area contributed by atoms with Crippen molar-refractivity contribution in [3.63, 3.8) is 0 Å². The van der Waals surface area contributed by atoms with Crippen LogP contribution in [0.4, 0.5) is 5.69 Å². The minimum atomic E-state index is -0.389. The van der Waals surface area contributed by atoms with Crippen molar-refractivity contribution in [2.45, 2.75) is 20.4 Å². The second-order valence-corrected chi connectivity index (χ2v) is 6.81. The number of hydrogen-bond donors (Lipinski definition) is 0. The summed E-state index contributed by atoms with van der Waals surface area (Å²) in [5, 5.41) is 21.8. The van der Waals surface area contributed by atoms with Crippen molar-refractivity contribution >= 4 is 22.7 Å². The molecule has 144 valence electrons. The Morgan fingerprint density at radius 2 is 2.00 bits per heavy atom. The Kier molecular flexibility index (Phi) is 6.00. The molecule has 0 N–H and O–H groups in total. The number of aromatic nitrogens is 1. The van der Waals surface area contributed by atoms with Crippen LogP contribution in [0.2, 0.25) is 0 Å². The van der Waals surface area contributed by atoms with E-state index in [0.29, 0.717) is 6.54 Å². The number of non-ortho nitro benzene ring substituents is 1. The topological polar surface area (TPSA) is 82.0 Å². The molecule has 3 aromatic rings. The molecular formula is C20H20N4O3S. The Labute approximate surface area is 166 Å². The van der Waals surface area contributed by atoms with Crippen molar-refractivity contribution in [3.8, 4) is 17.0 Å². The van der Waals surface area contributed by atoms with Gasteiger partial charge in [0.1, 0.15) is 5.75 Å². The molecule has 0 radical (unpaired) electrons. The number of ether oxygens (including phenoxy) is 1. The lowest BCUT2D eigenvalue weighted by Crippen LogP contribution is -2.14. The zero-order chi connectivity index (χ0) is 20.1. The third-order valence-electron chi connectivity index (χ3n) is 4.26. The highest BCUT2D eigenvalue weighted by atomic mass is 32.1. The molecule has 0 saturated heterocycles. The van der Waals surface area contributed by atoms with E-state index >= 15 is 0 Å². The standard InChI is InChI=1S/C20H20N4O3S/c1-4-23-19(16-6-5-7-17(12-16)24(25)26)13-28-20(23)22-21-14(2)15-8-10-18(27-3)11-9-15/h5-13H,4H2,1-3H3/b21-14-,22-20-. The highest BCUT2D eigenvalue weighted by Gasteiger charge is 2.11. The van der Waals surface area contributed by atoms with Crippen molar-refractivity contribution in [2.75, 3.05) is 7.11 Å². The first-order valence-corrected chi connectivity index (χ1v) is 9.57. The van der Waals surface area contributed by atoms with Crippen LogP contribution in [0.3, 0.4) is 0 Å². The van der Waals surface area contributed by atoms with Crippen LogP contribution in [0.1, 0.15) is 19.4 Å². The molecule has 3 rings (SSSR count). The summed E-state index contributed by atoms with van der Waals surface area (Å²) in [6, 6.07) is 14.2. The number of hydrogen-bond acceptors (Lipinski definition) is 6. The third-order valence-corrected chi connectivity index (χ3v) is 5.11. The van der Waals surface area contributed by atoms with E-state index in [-0.39, 0.29) is 10.6 Å². The van der Waals surface area contributed by atoms with Crippen molar-refractivity contribution < 1.29 is 9.66 Å². The van der Waals surface area contributed by atoms with Gasteiger partial charge in [-0.2, -0.15) is 5.10 Å². The van der Waals surface area contributed by atoms with Crippen LogP contribution in [-0.2, 0) is 6.54 Å². The van der Waals surface area contributed by atoms with Gasteiger partial charge in [-0.25, -0.2) is 0 Å². The summed E-state index contributed by atoms with van der Waals surface area (Å²) < 4.78 is 7.16. The van der Waals surface area contributed by atoms with Crippen LogP contribution < -0.4 is 9.54 Å². The summed E-state index contributed by atoms with van der Waals surface area (Å²) in [6.45, 7) is 4.58. The molecule has 0 bridgehead atoms. The zero-order valence-electron chi connectivity index (χ0n) is 15.8. The van der Waals surface area contributed by atoms with Crippen LogP contribution in [0, 0.1) is 10.1 Å². The summed E-state index contributed by atoms with van der Waals surface area (Å²) in [5.74, 6) is 0.789. The molecule has 7 nitrogen and oxygen atoms in total. The molecule has 8 heteroatoms. The largest absolute Gasteiger partial charge is 0.497 e. The highest BCUT2D eigenvalue weighted by Crippen LogP contribution is 2.24. The van der Waals surface area contributed by atoms with Crippen molar-refractivity contribution in [2.24, 2.45) is 10.2 Å². The number of benzene rings is 2. The summed E-state index contributed by atoms with van der Waals surface area (Å²) >= 11 is 1.45. The van der Waals surface area contributed by atoms with Gasteiger partial charge in [0, 0.05) is 29.6 Å². The quantitative estimate of drug-likeness (QED) is 0.350. The van der Waals surface area contributed by atoms with Gasteiger partial charge in [-0.15, -0.1) is 16.4 Å². The van der Waals surface area contributed by atoms with E-state index in [2.05, 4.69) is 10.2 Å². The molecule has 0 aliphatic carbocycles. The number of nitro benzene ring substituents is 1. The monoisotopic (exact) mass is 396 g/mol. The van der Waals surface area contributed by atoms with Crippen LogP contribution in [0.5, 0.6) is 5.75 Å². The molecule has 0 atom stereocenters. The van der Waals surface area contributed by atoms with Crippen molar-refractivity contribution in [3.05, 3.63) is 74.4 Å². The molecule has 0 aliphatic heterocycles. The lowest BCUT2D eigenvalue weighted by Gasteiger charge is -2.05. The van der Waals surface area contributed by atoms with E-state index < -0.39 is 0 Å². The van der Waals surface area contributed by atoms with Crippen LogP contribution >= 0.6 is 11.3 Å². The molecule has 0 unspecified atom stereocenters. The van der Waals surface area contributed by atoms with E-state index in [1.165, 1.54) is 17.4 Å². The average Bonchev–Trinajstić information content (AvgIpc) is 3.15. The van der Waals surface area contributed by atoms with Gasteiger partial charge in [0.25, 0.3) is 5.69 Å². The molecule has 0 amide bonds. The molecule has 28 heavy (non-hydrogen) atoms. The SMILES string of the molecule is CCn1c(-c2cccc([N+](=O)[O-])c2)cs/c1=N\N=C(\C)c1ccc(OC)cc1. The van der Waals surface area contributed by atoms with Crippen LogP contribution in [0.25, 0.3) is 11.3 Å². The maximum absolute atomic E-state index is 11.1. The zero-order valence-corrected chi connectivity index (χ0v) is 16.6. The first kappa shape index (κ1) is 19.5. The second kappa shape index (κ2) is 8.62. The molecular weight excluding hydrogens is 376 g/mol. The number of nitro groups is 1. The Hall–Kier alpha value is -3.26. The maximum Gasteiger partial charge on any atom is 0.270 e. The van der Waals surface area contributed by atoms with Gasteiger partial charge < -0.3 is 9.30 Å². The number of methoxy groups -OCH3 is 1. The lowest BCUT2D eigenvalue weighted by atomic mass is 10.1. The minimum absolute atomic E-state index is 0.0678. The van der Waals surface area contributed by atoms with Crippen LogP contribution in [0.15, 0.2) is 64.1 Å². The molecule has 1 heterocycles. The molecule has 0 fully saturated rings. The summed E-state index contributed by atoms with van der Waals surface area (Å²) in [7, 11) is 1.63. The number of thiazole rings is 1. The predicted octanol–water partition coefficient (Wildman–Crippen LogP) is 4.48. The first-order valence-electron chi connectivity index (χ1n) is 8.69. The number of rotatable bonds is 6. The van der Waals surface area contributed by atoms with Gasteiger partial charge >= 0.3 is 0 Å². The third kappa shape index (κ3) is 4.17. The molecule has 1 aromatic heterocycles. The van der Waals surface area contributed by atoms with Gasteiger partial charge in [-0.1, -0.05) is 12.1 Å². The fourth-order valence-corrected chi connectivity index (χ4v) is 3.66. The summed E-state index contributed by atoms with van der Waals surface area (Å²) in [6.07, 6.45) is 0. The molecule has 0 aliphatic rings. The van der Waals surface area contributed by atoms with Gasteiger partial charge in [0.05, 0.1) is 23.4 Å². The molecule has 2 aromatic carbocycles. The highest BCUT2D eigenvalue weighted by molar-refractivity contribution is 7.07. The summed E-state index contributed by atoms with van der Waals surface area (Å²) in [4.78, 5) is 11.4.